The first-order valence-electron chi connectivity index (χ1n) is 15.4. The molecule has 0 saturated carbocycles. The predicted octanol–water partition coefficient (Wildman–Crippen LogP) is 6.58. The second kappa shape index (κ2) is 13.3. The Bertz CT molecular complexity index is 1280. The molecule has 0 spiro atoms. The van der Waals surface area contributed by atoms with Crippen LogP contribution in [0.3, 0.4) is 0 Å². The van der Waals surface area contributed by atoms with Gasteiger partial charge in [-0.05, 0) is 61.1 Å². The van der Waals surface area contributed by atoms with Crippen LogP contribution >= 0.6 is 0 Å². The molecule has 41 heavy (non-hydrogen) atoms. The highest BCUT2D eigenvalue weighted by Crippen LogP contribution is 2.42. The Morgan fingerprint density at radius 2 is 1.39 bits per heavy atom. The van der Waals surface area contributed by atoms with Crippen molar-refractivity contribution in [2.24, 2.45) is 11.7 Å². The van der Waals surface area contributed by atoms with E-state index in [0.29, 0.717) is 6.42 Å². The second-order valence-electron chi connectivity index (χ2n) is 11.3. The largest absolute Gasteiger partial charge is 0.341 e. The maximum Gasteiger partial charge on any atom is 0.239 e. The molecule has 5 nitrogen and oxygen atoms in total. The van der Waals surface area contributed by atoms with Gasteiger partial charge in [0.1, 0.15) is 5.54 Å². The molecule has 5 heteroatoms. The molecule has 1 saturated heterocycles. The molecule has 4 aromatic rings. The number of likely N-dealkylation sites (tertiary alicyclic amines) is 1. The summed E-state index contributed by atoms with van der Waals surface area (Å²) in [5, 5.41) is 0. The molecular weight excluding hydrogens is 504 g/mol. The number of rotatable bonds is 11. The minimum absolute atomic E-state index is 0.108. The number of carbonyl (C=O) groups is 1. The van der Waals surface area contributed by atoms with Crippen LogP contribution in [0.15, 0.2) is 97.3 Å². The van der Waals surface area contributed by atoms with Gasteiger partial charge < -0.3 is 15.2 Å². The van der Waals surface area contributed by atoms with E-state index in [4.69, 9.17) is 10.7 Å². The fourth-order valence-electron chi connectivity index (χ4n) is 6.65. The molecular formula is C36H44N4O. The summed E-state index contributed by atoms with van der Waals surface area (Å²) in [7, 11) is 0. The second-order valence-corrected chi connectivity index (χ2v) is 11.3. The summed E-state index contributed by atoms with van der Waals surface area (Å²) < 4.78 is 2.38. The highest BCUT2D eigenvalue weighted by Gasteiger charge is 2.40. The van der Waals surface area contributed by atoms with Crippen LogP contribution in [0.5, 0.6) is 0 Å². The van der Waals surface area contributed by atoms with E-state index < -0.39 is 11.6 Å². The van der Waals surface area contributed by atoms with Gasteiger partial charge in [0.15, 0.2) is 0 Å². The van der Waals surface area contributed by atoms with Gasteiger partial charge in [-0.15, -0.1) is 0 Å². The van der Waals surface area contributed by atoms with E-state index in [1.807, 2.05) is 11.2 Å². The Hall–Kier alpha value is -3.70. The van der Waals surface area contributed by atoms with Crippen LogP contribution in [-0.2, 0) is 23.2 Å². The van der Waals surface area contributed by atoms with Crippen molar-refractivity contribution < 1.29 is 4.79 Å². The van der Waals surface area contributed by atoms with Crippen LogP contribution in [-0.4, -0.2) is 39.5 Å². The number of benzene rings is 3. The quantitative estimate of drug-likeness (QED) is 0.215. The zero-order valence-corrected chi connectivity index (χ0v) is 24.6. The van der Waals surface area contributed by atoms with Gasteiger partial charge >= 0.3 is 0 Å². The lowest BCUT2D eigenvalue weighted by atomic mass is 9.76. The number of nitrogens with zero attached hydrogens (tertiary/aromatic N) is 3. The first-order chi connectivity index (χ1) is 20.1. The van der Waals surface area contributed by atoms with Gasteiger partial charge in [-0.1, -0.05) is 111 Å². The van der Waals surface area contributed by atoms with Gasteiger partial charge in [0, 0.05) is 18.8 Å². The number of aryl methyl sites for hydroxylation is 1. The van der Waals surface area contributed by atoms with Crippen LogP contribution in [0, 0.1) is 5.92 Å². The molecule has 0 bridgehead atoms. The molecule has 1 atom stereocenters. The molecule has 1 fully saturated rings. The monoisotopic (exact) mass is 548 g/mol. The first kappa shape index (κ1) is 28.8. The van der Waals surface area contributed by atoms with E-state index in [9.17, 15) is 4.79 Å². The minimum Gasteiger partial charge on any atom is -0.341 e. The third kappa shape index (κ3) is 5.87. The summed E-state index contributed by atoms with van der Waals surface area (Å²) in [4.78, 5) is 20.0. The molecule has 0 radical (unpaired) electrons. The summed E-state index contributed by atoms with van der Waals surface area (Å²) in [5.41, 5.74) is 11.7. The van der Waals surface area contributed by atoms with Gasteiger partial charge in [0.25, 0.3) is 0 Å². The summed E-state index contributed by atoms with van der Waals surface area (Å²) in [5.74, 6) is 0.852. The van der Waals surface area contributed by atoms with E-state index in [0.717, 1.165) is 56.8 Å². The molecule has 5 rings (SSSR count). The van der Waals surface area contributed by atoms with Gasteiger partial charge in [0.2, 0.25) is 5.91 Å². The average Bonchev–Trinajstić information content (AvgIpc) is 3.45. The standard InChI is InChI=1S/C36H44N4O/c1-3-28-23-25-39(26-24-28)35(41)32(37)21-14-22-33-34(4-2)40(27-38-33)36(29-15-8-5-9-16-29,30-17-10-6-11-18-30)31-19-12-7-13-20-31/h5-13,15-20,27-28,32H,3-4,14,21-26,37H2,1-2H3/t32-/m0/s1. The summed E-state index contributed by atoms with van der Waals surface area (Å²) >= 11 is 0. The lowest BCUT2D eigenvalue weighted by Gasteiger charge is -2.38. The lowest BCUT2D eigenvalue weighted by molar-refractivity contribution is -0.134. The number of imidazole rings is 1. The van der Waals surface area contributed by atoms with Gasteiger partial charge in [0.05, 0.1) is 18.1 Å². The van der Waals surface area contributed by atoms with Crippen LogP contribution < -0.4 is 5.73 Å². The van der Waals surface area contributed by atoms with Crippen molar-refractivity contribution in [2.75, 3.05) is 13.1 Å². The summed E-state index contributed by atoms with van der Waals surface area (Å²) in [6.45, 7) is 6.13. The van der Waals surface area contributed by atoms with Crippen molar-refractivity contribution in [3.63, 3.8) is 0 Å². The molecule has 214 valence electrons. The minimum atomic E-state index is -0.572. The maximum atomic E-state index is 13.0. The van der Waals surface area contributed by atoms with E-state index >= 15 is 0 Å². The number of amides is 1. The molecule has 1 aliphatic heterocycles. The van der Waals surface area contributed by atoms with Crippen molar-refractivity contribution in [2.45, 2.75) is 70.4 Å². The van der Waals surface area contributed by atoms with E-state index in [2.05, 4.69) is 109 Å². The molecule has 2 heterocycles. The third-order valence-electron chi connectivity index (χ3n) is 8.97. The number of nitrogens with two attached hydrogens (primary N) is 1. The molecule has 2 N–H and O–H groups in total. The first-order valence-corrected chi connectivity index (χ1v) is 15.4. The van der Waals surface area contributed by atoms with E-state index in [1.165, 1.54) is 28.8 Å². The molecule has 1 aliphatic rings. The number of carbonyl (C=O) groups excluding carboxylic acids is 1. The SMILES string of the molecule is CCc1c(CCC[C@H](N)C(=O)N2CCC(CC)CC2)ncn1C(c1ccccc1)(c1ccccc1)c1ccccc1. The van der Waals surface area contributed by atoms with Gasteiger partial charge in [-0.3, -0.25) is 4.79 Å². The van der Waals surface area contributed by atoms with E-state index in [1.54, 1.807) is 0 Å². The van der Waals surface area contributed by atoms with Crippen molar-refractivity contribution in [3.05, 3.63) is 125 Å². The van der Waals surface area contributed by atoms with Crippen molar-refractivity contribution >= 4 is 5.91 Å². The Kier molecular flexibility index (Phi) is 9.35. The van der Waals surface area contributed by atoms with Crippen molar-refractivity contribution in [1.29, 1.82) is 0 Å². The molecule has 3 aromatic carbocycles. The fourth-order valence-corrected chi connectivity index (χ4v) is 6.65. The Morgan fingerprint density at radius 3 is 1.85 bits per heavy atom. The summed E-state index contributed by atoms with van der Waals surface area (Å²) in [6.07, 6.45) is 8.55. The molecule has 0 aliphatic carbocycles. The van der Waals surface area contributed by atoms with Crippen molar-refractivity contribution in [3.8, 4) is 0 Å². The zero-order valence-electron chi connectivity index (χ0n) is 24.6. The normalized spacial score (nSPS) is 15.1. The van der Waals surface area contributed by atoms with E-state index in [-0.39, 0.29) is 5.91 Å². The lowest BCUT2D eigenvalue weighted by Crippen LogP contribution is -2.47. The molecule has 0 unspecified atom stereocenters. The predicted molar refractivity (Wildman–Crippen MR) is 167 cm³/mol. The van der Waals surface area contributed by atoms with Crippen molar-refractivity contribution in [1.82, 2.24) is 14.5 Å². The average molecular weight is 549 g/mol. The summed E-state index contributed by atoms with van der Waals surface area (Å²) in [6, 6.07) is 31.7. The van der Waals surface area contributed by atoms with Crippen LogP contribution in [0.4, 0.5) is 0 Å². The Balaban J connectivity index is 1.44. The topological polar surface area (TPSA) is 64.2 Å². The number of hydrogen-bond acceptors (Lipinski definition) is 3. The zero-order chi connectivity index (χ0) is 28.7. The smallest absolute Gasteiger partial charge is 0.239 e. The number of piperidine rings is 1. The van der Waals surface area contributed by atoms with Crippen LogP contribution in [0.1, 0.15) is 74.0 Å². The Labute approximate surface area is 245 Å². The molecule has 1 amide bonds. The third-order valence-corrected chi connectivity index (χ3v) is 8.97. The highest BCUT2D eigenvalue weighted by molar-refractivity contribution is 5.81. The van der Waals surface area contributed by atoms with Crippen LogP contribution in [0.25, 0.3) is 0 Å². The van der Waals surface area contributed by atoms with Gasteiger partial charge in [-0.2, -0.15) is 0 Å². The van der Waals surface area contributed by atoms with Crippen LogP contribution in [0.2, 0.25) is 0 Å². The number of hydrogen-bond donors (Lipinski definition) is 1. The highest BCUT2D eigenvalue weighted by atomic mass is 16.2. The fraction of sp³-hybridized carbons (Fsp3) is 0.389. The number of aromatic nitrogens is 2. The van der Waals surface area contributed by atoms with Gasteiger partial charge in [-0.25, -0.2) is 4.98 Å². The molecule has 1 aromatic heterocycles. The Morgan fingerprint density at radius 1 is 0.878 bits per heavy atom. The maximum absolute atomic E-state index is 13.0.